The summed E-state index contributed by atoms with van der Waals surface area (Å²) in [6.45, 7) is 4.16. The monoisotopic (exact) mass is 408 g/mol. The first-order valence-electron chi connectivity index (χ1n) is 10.7. The molecule has 6 aliphatic rings. The van der Waals surface area contributed by atoms with Gasteiger partial charge < -0.3 is 4.90 Å². The summed E-state index contributed by atoms with van der Waals surface area (Å²) < 4.78 is 0.374. The second kappa shape index (κ2) is 6.22. The van der Waals surface area contributed by atoms with Crippen LogP contribution in [-0.4, -0.2) is 52.3 Å². The Morgan fingerprint density at radius 2 is 1.60 bits per heavy atom. The van der Waals surface area contributed by atoms with Gasteiger partial charge in [0.1, 0.15) is 0 Å². The van der Waals surface area contributed by atoms with E-state index < -0.39 is 0 Å². The van der Waals surface area contributed by atoms with Crippen molar-refractivity contribution in [2.45, 2.75) is 81.0 Å². The number of carbonyl (C=O) groups is 1. The van der Waals surface area contributed by atoms with E-state index in [0.29, 0.717) is 15.6 Å². The van der Waals surface area contributed by atoms with Crippen molar-refractivity contribution in [3.8, 4) is 0 Å². The van der Waals surface area contributed by atoms with Crippen LogP contribution in [0.4, 0.5) is 0 Å². The van der Waals surface area contributed by atoms with E-state index in [4.69, 9.17) is 0 Å². The summed E-state index contributed by atoms with van der Waals surface area (Å²) in [5.74, 6) is 2.23. The third-order valence-corrected chi connectivity index (χ3v) is 9.07. The summed E-state index contributed by atoms with van der Waals surface area (Å²) in [7, 11) is 0. The van der Waals surface area contributed by atoms with Gasteiger partial charge in [0, 0.05) is 43.0 Å². The zero-order valence-electron chi connectivity index (χ0n) is 15.5. The first kappa shape index (κ1) is 17.0. The molecule has 4 heteroatoms. The molecule has 1 saturated heterocycles. The van der Waals surface area contributed by atoms with E-state index in [1.807, 2.05) is 0 Å². The molecule has 140 valence electrons. The van der Waals surface area contributed by atoms with Crippen molar-refractivity contribution < 1.29 is 4.79 Å². The lowest BCUT2D eigenvalue weighted by atomic mass is 9.48. The molecule has 6 rings (SSSR count). The van der Waals surface area contributed by atoms with Crippen LogP contribution in [0.1, 0.15) is 70.6 Å². The zero-order chi connectivity index (χ0) is 17.1. The number of carbonyl (C=O) groups excluding carboxylic acids is 1. The van der Waals surface area contributed by atoms with Crippen LogP contribution in [0.2, 0.25) is 0 Å². The van der Waals surface area contributed by atoms with Crippen LogP contribution in [0.5, 0.6) is 0 Å². The molecule has 0 aromatic carbocycles. The average molecular weight is 409 g/mol. The van der Waals surface area contributed by atoms with Crippen molar-refractivity contribution in [2.75, 3.05) is 26.2 Å². The fourth-order valence-electron chi connectivity index (χ4n) is 7.58. The molecule has 25 heavy (non-hydrogen) atoms. The summed E-state index contributed by atoms with van der Waals surface area (Å²) in [5.41, 5.74) is 0.327. The lowest BCUT2D eigenvalue weighted by Gasteiger charge is -2.60. The molecule has 3 nitrogen and oxygen atoms in total. The zero-order valence-corrected chi connectivity index (χ0v) is 17.1. The Labute approximate surface area is 161 Å². The van der Waals surface area contributed by atoms with E-state index in [1.165, 1.54) is 64.2 Å². The topological polar surface area (TPSA) is 23.6 Å². The van der Waals surface area contributed by atoms with Gasteiger partial charge in [-0.05, 0) is 68.6 Å². The van der Waals surface area contributed by atoms with Gasteiger partial charge in [0.05, 0.1) is 0 Å². The van der Waals surface area contributed by atoms with Crippen LogP contribution >= 0.6 is 15.9 Å². The fourth-order valence-corrected chi connectivity index (χ4v) is 9.09. The summed E-state index contributed by atoms with van der Waals surface area (Å²) in [4.78, 5) is 18.0. The molecule has 0 spiro atoms. The first-order valence-corrected chi connectivity index (χ1v) is 11.5. The quantitative estimate of drug-likeness (QED) is 0.653. The molecule has 0 aromatic rings. The molecule has 1 aliphatic heterocycles. The van der Waals surface area contributed by atoms with Gasteiger partial charge in [0.25, 0.3) is 0 Å². The van der Waals surface area contributed by atoms with E-state index in [2.05, 4.69) is 25.7 Å². The van der Waals surface area contributed by atoms with Crippen LogP contribution in [0, 0.1) is 17.3 Å². The predicted molar refractivity (Wildman–Crippen MR) is 104 cm³/mol. The summed E-state index contributed by atoms with van der Waals surface area (Å²) >= 11 is 4.09. The fraction of sp³-hybridized carbons (Fsp3) is 0.952. The Balaban J connectivity index is 1.20. The number of hydrogen-bond donors (Lipinski definition) is 0. The SMILES string of the molecule is O=C(CC12CC3CC(CC(Br)(C3)C1)C2)N1CCN(C2CCCC2)CC1. The molecule has 0 radical (unpaired) electrons. The van der Waals surface area contributed by atoms with Crippen LogP contribution in [-0.2, 0) is 4.79 Å². The third kappa shape index (κ3) is 3.20. The molecule has 4 bridgehead atoms. The van der Waals surface area contributed by atoms with Gasteiger partial charge in [-0.1, -0.05) is 28.8 Å². The van der Waals surface area contributed by atoms with E-state index in [-0.39, 0.29) is 0 Å². The lowest BCUT2D eigenvalue weighted by Crippen LogP contribution is -2.56. The summed E-state index contributed by atoms with van der Waals surface area (Å²) in [5, 5.41) is 0. The molecule has 5 saturated carbocycles. The van der Waals surface area contributed by atoms with Crippen LogP contribution < -0.4 is 0 Å². The van der Waals surface area contributed by atoms with Crippen molar-refractivity contribution in [1.29, 1.82) is 0 Å². The van der Waals surface area contributed by atoms with Gasteiger partial charge in [-0.15, -0.1) is 0 Å². The van der Waals surface area contributed by atoms with Crippen LogP contribution in [0.25, 0.3) is 0 Å². The second-order valence-corrected chi connectivity index (χ2v) is 11.8. The second-order valence-electron chi connectivity index (χ2n) is 10.1. The van der Waals surface area contributed by atoms with E-state index in [9.17, 15) is 4.79 Å². The van der Waals surface area contributed by atoms with Crippen LogP contribution in [0.3, 0.4) is 0 Å². The number of alkyl halides is 1. The lowest BCUT2D eigenvalue weighted by molar-refractivity contribution is -0.140. The minimum atomic E-state index is 0.327. The van der Waals surface area contributed by atoms with Crippen molar-refractivity contribution in [2.24, 2.45) is 17.3 Å². The van der Waals surface area contributed by atoms with Crippen molar-refractivity contribution in [1.82, 2.24) is 9.80 Å². The van der Waals surface area contributed by atoms with Gasteiger partial charge in [-0.2, -0.15) is 0 Å². The molecule has 1 heterocycles. The Morgan fingerprint density at radius 1 is 0.960 bits per heavy atom. The standard InChI is InChI=1S/C21H33BrN2O/c22-21-12-16-9-17(13-21)11-20(10-16,15-21)14-19(25)24-7-5-23(6-8-24)18-3-1-2-4-18/h16-18H,1-15H2. The highest BCUT2D eigenvalue weighted by Crippen LogP contribution is 2.65. The number of piperazine rings is 1. The highest BCUT2D eigenvalue weighted by molar-refractivity contribution is 9.10. The summed E-state index contributed by atoms with van der Waals surface area (Å²) in [6, 6.07) is 0.814. The molecular formula is C21H33BrN2O. The van der Waals surface area contributed by atoms with Crippen LogP contribution in [0.15, 0.2) is 0 Å². The Kier molecular flexibility index (Phi) is 4.24. The van der Waals surface area contributed by atoms with E-state index in [0.717, 1.165) is 50.5 Å². The molecule has 1 amide bonds. The van der Waals surface area contributed by atoms with E-state index in [1.54, 1.807) is 0 Å². The maximum atomic E-state index is 13.1. The number of rotatable bonds is 3. The molecule has 2 atom stereocenters. The van der Waals surface area contributed by atoms with Gasteiger partial charge in [0.15, 0.2) is 0 Å². The van der Waals surface area contributed by atoms with Gasteiger partial charge in [-0.3, -0.25) is 9.69 Å². The maximum absolute atomic E-state index is 13.1. The van der Waals surface area contributed by atoms with Crippen molar-refractivity contribution >= 4 is 21.8 Å². The maximum Gasteiger partial charge on any atom is 0.223 e. The Hall–Kier alpha value is -0.0900. The minimum Gasteiger partial charge on any atom is -0.340 e. The molecule has 6 fully saturated rings. The normalized spacial score (nSPS) is 44.6. The van der Waals surface area contributed by atoms with Gasteiger partial charge in [0.2, 0.25) is 5.91 Å². The molecule has 5 aliphatic carbocycles. The number of hydrogen-bond acceptors (Lipinski definition) is 2. The Morgan fingerprint density at radius 3 is 2.20 bits per heavy atom. The number of nitrogens with zero attached hydrogens (tertiary/aromatic N) is 2. The third-order valence-electron chi connectivity index (χ3n) is 8.15. The largest absolute Gasteiger partial charge is 0.340 e. The predicted octanol–water partition coefficient (Wildman–Crippen LogP) is 4.20. The molecule has 2 unspecified atom stereocenters. The van der Waals surface area contributed by atoms with Gasteiger partial charge in [-0.25, -0.2) is 0 Å². The van der Waals surface area contributed by atoms with Crippen molar-refractivity contribution in [3.63, 3.8) is 0 Å². The first-order chi connectivity index (χ1) is 12.0. The minimum absolute atomic E-state index is 0.327. The molecular weight excluding hydrogens is 376 g/mol. The number of amides is 1. The van der Waals surface area contributed by atoms with Crippen molar-refractivity contribution in [3.05, 3.63) is 0 Å². The van der Waals surface area contributed by atoms with E-state index >= 15 is 0 Å². The highest BCUT2D eigenvalue weighted by Gasteiger charge is 2.57. The summed E-state index contributed by atoms with van der Waals surface area (Å²) in [6.07, 6.45) is 14.5. The average Bonchev–Trinajstić information content (AvgIpc) is 3.06. The van der Waals surface area contributed by atoms with Gasteiger partial charge >= 0.3 is 0 Å². The molecule has 0 N–H and O–H groups in total. The highest BCUT2D eigenvalue weighted by atomic mass is 79.9. The smallest absolute Gasteiger partial charge is 0.223 e. The Bertz CT molecular complexity index is 522. The number of halogens is 1. The molecule has 0 aromatic heterocycles.